The average Bonchev–Trinajstić information content (AvgIpc) is 3.15. The van der Waals surface area contributed by atoms with Gasteiger partial charge in [0, 0.05) is 11.9 Å². The van der Waals surface area contributed by atoms with E-state index < -0.39 is 18.0 Å². The molecule has 8 nitrogen and oxygen atoms in total. The van der Waals surface area contributed by atoms with Crippen LogP contribution < -0.4 is 24.4 Å². The zero-order valence-electron chi connectivity index (χ0n) is 21.0. The lowest BCUT2D eigenvalue weighted by molar-refractivity contribution is -0.139. The number of aromatic nitrogens is 1. The van der Waals surface area contributed by atoms with Crippen LogP contribution in [0.2, 0.25) is 5.02 Å². The number of hydrogen-bond acceptors (Lipinski definition) is 8. The van der Waals surface area contributed by atoms with Crippen molar-refractivity contribution in [2.24, 2.45) is 4.99 Å². The van der Waals surface area contributed by atoms with Crippen LogP contribution in [0, 0.1) is 3.57 Å². The van der Waals surface area contributed by atoms with Crippen LogP contribution in [0.5, 0.6) is 11.5 Å². The molecule has 0 saturated carbocycles. The highest BCUT2D eigenvalue weighted by Crippen LogP contribution is 2.36. The molecule has 0 bridgehead atoms. The van der Waals surface area contributed by atoms with Gasteiger partial charge in [0.2, 0.25) is 0 Å². The Balaban J connectivity index is 1.93. The second-order valence-corrected chi connectivity index (χ2v) is 10.8. The van der Waals surface area contributed by atoms with Crippen molar-refractivity contribution >= 4 is 63.5 Å². The van der Waals surface area contributed by atoms with E-state index >= 15 is 0 Å². The van der Waals surface area contributed by atoms with Crippen LogP contribution in [-0.4, -0.2) is 29.7 Å². The van der Waals surface area contributed by atoms with Gasteiger partial charge in [-0.05, 0) is 78.8 Å². The molecule has 1 aliphatic rings. The SMILES string of the molecule is CCOC(=O)C1=C(C)N=c2s/c(=C\c3cc(I)c(OC(C)=O)c(OCC)c3)c(=O)n2[C@@H]1c1ccccc1Cl. The van der Waals surface area contributed by atoms with Gasteiger partial charge in [0.15, 0.2) is 16.3 Å². The monoisotopic (exact) mass is 666 g/mol. The molecule has 2 heterocycles. The Kier molecular flexibility index (Phi) is 8.74. The number of hydrogen-bond donors (Lipinski definition) is 0. The summed E-state index contributed by atoms with van der Waals surface area (Å²) in [4.78, 5) is 43.4. The van der Waals surface area contributed by atoms with Gasteiger partial charge in [0.25, 0.3) is 5.56 Å². The molecule has 0 fully saturated rings. The molecule has 11 heteroatoms. The summed E-state index contributed by atoms with van der Waals surface area (Å²) in [7, 11) is 0. The molecule has 0 radical (unpaired) electrons. The highest BCUT2D eigenvalue weighted by molar-refractivity contribution is 14.1. The van der Waals surface area contributed by atoms with E-state index in [9.17, 15) is 14.4 Å². The van der Waals surface area contributed by atoms with E-state index in [2.05, 4.69) is 27.6 Å². The van der Waals surface area contributed by atoms with E-state index in [0.29, 0.717) is 52.9 Å². The van der Waals surface area contributed by atoms with E-state index in [-0.39, 0.29) is 17.7 Å². The first kappa shape index (κ1) is 28.1. The number of esters is 2. The third-order valence-corrected chi connectivity index (χ3v) is 7.72. The largest absolute Gasteiger partial charge is 0.490 e. The van der Waals surface area contributed by atoms with Crippen molar-refractivity contribution in [3.05, 3.63) is 87.1 Å². The number of allylic oxidation sites excluding steroid dienone is 1. The molecule has 198 valence electrons. The van der Waals surface area contributed by atoms with Crippen molar-refractivity contribution in [1.82, 2.24) is 4.57 Å². The summed E-state index contributed by atoms with van der Waals surface area (Å²) >= 11 is 9.81. The Hall–Kier alpha value is -2.96. The van der Waals surface area contributed by atoms with Crippen LogP contribution in [0.4, 0.5) is 0 Å². The minimum atomic E-state index is -0.799. The fourth-order valence-corrected chi connectivity index (χ4v) is 6.13. The third-order valence-electron chi connectivity index (χ3n) is 5.59. The molecule has 1 atom stereocenters. The summed E-state index contributed by atoms with van der Waals surface area (Å²) in [6.07, 6.45) is 1.72. The van der Waals surface area contributed by atoms with Gasteiger partial charge < -0.3 is 14.2 Å². The van der Waals surface area contributed by atoms with Crippen molar-refractivity contribution in [3.63, 3.8) is 0 Å². The third kappa shape index (κ3) is 5.57. The van der Waals surface area contributed by atoms with Crippen molar-refractivity contribution in [1.29, 1.82) is 0 Å². The molecule has 0 aliphatic carbocycles. The molecular weight excluding hydrogens is 643 g/mol. The molecular formula is C27H24ClIN2O6S. The summed E-state index contributed by atoms with van der Waals surface area (Å²) in [6, 6.07) is 9.79. The number of thiazole rings is 1. The first-order chi connectivity index (χ1) is 18.2. The van der Waals surface area contributed by atoms with Gasteiger partial charge >= 0.3 is 11.9 Å². The molecule has 38 heavy (non-hydrogen) atoms. The molecule has 1 aromatic heterocycles. The Labute approximate surface area is 241 Å². The number of rotatable bonds is 7. The molecule has 0 amide bonds. The van der Waals surface area contributed by atoms with Gasteiger partial charge in [0.1, 0.15) is 6.04 Å². The van der Waals surface area contributed by atoms with Crippen LogP contribution in [0.25, 0.3) is 6.08 Å². The molecule has 0 saturated heterocycles. The van der Waals surface area contributed by atoms with Crippen LogP contribution >= 0.6 is 45.5 Å². The maximum atomic E-state index is 13.8. The van der Waals surface area contributed by atoms with Gasteiger partial charge in [-0.15, -0.1) is 0 Å². The average molecular weight is 667 g/mol. The molecule has 3 aromatic rings. The maximum absolute atomic E-state index is 13.8. The van der Waals surface area contributed by atoms with Crippen LogP contribution in [0.3, 0.4) is 0 Å². The summed E-state index contributed by atoms with van der Waals surface area (Å²) in [6.45, 7) is 7.13. The fourth-order valence-electron chi connectivity index (χ4n) is 4.11. The summed E-state index contributed by atoms with van der Waals surface area (Å²) < 4.78 is 18.9. The standard InChI is InChI=1S/C27H24ClIN2O6S/c1-5-35-20-12-16(11-19(29)24(20)37-15(4)32)13-21-25(33)31-23(17-9-7-8-10-18(17)28)22(26(34)36-6-2)14(3)30-27(31)38-21/h7-13,23H,5-6H2,1-4H3/b21-13-/t23-/m1/s1. The summed E-state index contributed by atoms with van der Waals surface area (Å²) in [5.74, 6) is -0.294. The van der Waals surface area contributed by atoms with Crippen molar-refractivity contribution in [2.75, 3.05) is 13.2 Å². The second-order valence-electron chi connectivity index (χ2n) is 8.18. The van der Waals surface area contributed by atoms with Crippen molar-refractivity contribution < 1.29 is 23.8 Å². The van der Waals surface area contributed by atoms with Gasteiger partial charge in [-0.2, -0.15) is 0 Å². The van der Waals surface area contributed by atoms with E-state index in [1.807, 2.05) is 6.92 Å². The zero-order valence-corrected chi connectivity index (χ0v) is 24.8. The lowest BCUT2D eigenvalue weighted by atomic mass is 9.96. The Bertz CT molecular complexity index is 1640. The van der Waals surface area contributed by atoms with Crippen LogP contribution in [-0.2, 0) is 14.3 Å². The summed E-state index contributed by atoms with van der Waals surface area (Å²) in [5.41, 5.74) is 1.66. The van der Waals surface area contributed by atoms with E-state index in [4.69, 9.17) is 25.8 Å². The highest BCUT2D eigenvalue weighted by Gasteiger charge is 2.34. The fraction of sp³-hybridized carbons (Fsp3) is 0.259. The Morgan fingerprint density at radius 1 is 1.21 bits per heavy atom. The Morgan fingerprint density at radius 2 is 1.95 bits per heavy atom. The first-order valence-corrected chi connectivity index (χ1v) is 14.0. The number of ether oxygens (including phenoxy) is 3. The zero-order chi connectivity index (χ0) is 27.6. The molecule has 0 N–H and O–H groups in total. The number of carbonyl (C=O) groups is 2. The number of fused-ring (bicyclic) bond motifs is 1. The first-order valence-electron chi connectivity index (χ1n) is 11.7. The second kappa shape index (κ2) is 11.8. The molecule has 2 aromatic carbocycles. The van der Waals surface area contributed by atoms with Crippen molar-refractivity contribution in [3.8, 4) is 11.5 Å². The highest BCUT2D eigenvalue weighted by atomic mass is 127. The number of nitrogens with zero attached hydrogens (tertiary/aromatic N) is 2. The topological polar surface area (TPSA) is 96.2 Å². The number of carbonyl (C=O) groups excluding carboxylic acids is 2. The lowest BCUT2D eigenvalue weighted by Crippen LogP contribution is -2.40. The molecule has 1 aliphatic heterocycles. The normalized spacial score (nSPS) is 15.1. The number of halogens is 2. The maximum Gasteiger partial charge on any atom is 0.338 e. The number of benzene rings is 2. The predicted octanol–water partition coefficient (Wildman–Crippen LogP) is 4.38. The van der Waals surface area contributed by atoms with E-state index in [1.54, 1.807) is 56.3 Å². The Morgan fingerprint density at radius 3 is 2.61 bits per heavy atom. The van der Waals surface area contributed by atoms with E-state index in [0.717, 1.165) is 0 Å². The quantitative estimate of drug-likeness (QED) is 0.211. The van der Waals surface area contributed by atoms with Gasteiger partial charge in [-0.3, -0.25) is 14.2 Å². The van der Waals surface area contributed by atoms with Gasteiger partial charge in [0.05, 0.1) is 32.6 Å². The minimum absolute atomic E-state index is 0.180. The molecule has 4 rings (SSSR count). The minimum Gasteiger partial charge on any atom is -0.490 e. The van der Waals surface area contributed by atoms with Crippen LogP contribution in [0.15, 0.2) is 57.5 Å². The van der Waals surface area contributed by atoms with Gasteiger partial charge in [-0.1, -0.05) is 41.1 Å². The predicted molar refractivity (Wildman–Crippen MR) is 153 cm³/mol. The van der Waals surface area contributed by atoms with Crippen LogP contribution in [0.1, 0.15) is 44.9 Å². The van der Waals surface area contributed by atoms with E-state index in [1.165, 1.54) is 22.8 Å². The molecule has 0 spiro atoms. The van der Waals surface area contributed by atoms with Crippen molar-refractivity contribution in [2.45, 2.75) is 33.7 Å². The smallest absolute Gasteiger partial charge is 0.338 e. The van der Waals surface area contributed by atoms with Gasteiger partial charge in [-0.25, -0.2) is 9.79 Å². The lowest BCUT2D eigenvalue weighted by Gasteiger charge is -2.25. The summed E-state index contributed by atoms with van der Waals surface area (Å²) in [5, 5.41) is 0.417. The molecule has 0 unspecified atom stereocenters.